The lowest BCUT2D eigenvalue weighted by atomic mass is 9.97. The van der Waals surface area contributed by atoms with E-state index in [4.69, 9.17) is 64.7 Å². The third-order valence-electron chi connectivity index (χ3n) is 17.0. The molecule has 3 heterocycles. The van der Waals surface area contributed by atoms with E-state index < -0.39 is 44.2 Å². The normalized spacial score (nSPS) is 10.8. The number of anilines is 1. The zero-order chi connectivity index (χ0) is 95.3. The van der Waals surface area contributed by atoms with Gasteiger partial charge in [0.2, 0.25) is 0 Å². The van der Waals surface area contributed by atoms with Crippen LogP contribution in [0.3, 0.4) is 0 Å². The van der Waals surface area contributed by atoms with Gasteiger partial charge >= 0.3 is 35.3 Å². The molecule has 6 aromatic carbocycles. The van der Waals surface area contributed by atoms with E-state index in [0.717, 1.165) is 28.7 Å². The molecule has 678 valence electrons. The van der Waals surface area contributed by atoms with Gasteiger partial charge in [-0.1, -0.05) is 0 Å². The van der Waals surface area contributed by atoms with Crippen LogP contribution in [0.15, 0.2) is 177 Å². The number of H-pyrrole nitrogens is 4. The summed E-state index contributed by atoms with van der Waals surface area (Å²) in [4.78, 5) is 166. The van der Waals surface area contributed by atoms with Crippen molar-refractivity contribution in [1.82, 2.24) is 34.7 Å². The lowest BCUT2D eigenvalue weighted by molar-refractivity contribution is -0.155. The number of aromatic nitrogens is 5. The number of hydrogen-bond acceptors (Lipinski definition) is 27. The average molecular weight is 1760 g/mol. The van der Waals surface area contributed by atoms with Crippen LogP contribution in [0, 0.1) is 21.7 Å². The maximum Gasteiger partial charge on any atom is 0.327 e. The number of carbonyl (C=O) groups is 9. The molecule has 9 rings (SSSR count). The fourth-order valence-electron chi connectivity index (χ4n) is 9.94. The van der Waals surface area contributed by atoms with Crippen molar-refractivity contribution in [3.8, 4) is 45.8 Å². The van der Waals surface area contributed by atoms with Crippen molar-refractivity contribution in [1.29, 1.82) is 0 Å². The summed E-state index contributed by atoms with van der Waals surface area (Å²) >= 11 is 5.70. The van der Waals surface area contributed by atoms with E-state index in [0.29, 0.717) is 84.6 Å². The Labute approximate surface area is 738 Å². The summed E-state index contributed by atoms with van der Waals surface area (Å²) in [5.74, 6) is 2.89. The summed E-state index contributed by atoms with van der Waals surface area (Å²) in [6.07, 6.45) is 6.36. The van der Waals surface area contributed by atoms with Crippen molar-refractivity contribution in [2.24, 2.45) is 21.7 Å². The van der Waals surface area contributed by atoms with Crippen molar-refractivity contribution in [2.75, 3.05) is 76.6 Å². The first kappa shape index (κ1) is 106. The Morgan fingerprint density at radius 1 is 0.389 bits per heavy atom. The molecule has 0 aliphatic carbocycles. The smallest absolute Gasteiger partial charge is 0.327 e. The molecule has 0 unspecified atom stereocenters. The first-order valence-corrected chi connectivity index (χ1v) is 39.7. The predicted octanol–water partition coefficient (Wildman–Crippen LogP) is 14.6. The number of aromatic amines is 4. The van der Waals surface area contributed by atoms with E-state index in [9.17, 15) is 62.3 Å². The van der Waals surface area contributed by atoms with Gasteiger partial charge < -0.3 is 62.9 Å². The molecular weight excluding hydrogens is 1640 g/mol. The van der Waals surface area contributed by atoms with Gasteiger partial charge in [0.05, 0.1) is 81.3 Å². The Morgan fingerprint density at radius 2 is 0.714 bits per heavy atom. The number of benzene rings is 6. The van der Waals surface area contributed by atoms with Crippen molar-refractivity contribution in [3.63, 3.8) is 0 Å². The van der Waals surface area contributed by atoms with Gasteiger partial charge in [0, 0.05) is 120 Å². The number of pyridine rings is 1. The summed E-state index contributed by atoms with van der Waals surface area (Å²) in [6, 6.07) is 37.3. The van der Waals surface area contributed by atoms with Crippen LogP contribution in [-0.4, -0.2) is 158 Å². The van der Waals surface area contributed by atoms with Crippen LogP contribution < -0.4 is 56.7 Å². The van der Waals surface area contributed by atoms with Crippen LogP contribution in [0.2, 0.25) is 0 Å². The van der Waals surface area contributed by atoms with Gasteiger partial charge in [-0.2, -0.15) is 0 Å². The van der Waals surface area contributed by atoms with Gasteiger partial charge in [0.15, 0.2) is 28.9 Å². The number of hydrogen-bond donors (Lipinski definition) is 5. The van der Waals surface area contributed by atoms with Crippen molar-refractivity contribution in [3.05, 3.63) is 255 Å². The second-order valence-corrected chi connectivity index (χ2v) is 32.6. The summed E-state index contributed by atoms with van der Waals surface area (Å²) in [5.41, 5.74) is 8.59. The molecule has 0 aliphatic rings. The summed E-state index contributed by atoms with van der Waals surface area (Å²) in [7, 11) is 16.7. The highest BCUT2D eigenvalue weighted by Crippen LogP contribution is 2.31. The molecule has 0 radical (unpaired) electrons. The SMILES string of the molecule is COc1ccc(-c2ccc3c(=O)[nH]c(=O)[nH]c3n2)cc1COC(=O)C(C)(C)C.COc1ccc(C(=O)/C=C/N(C)C)cc1COC(=O)C(C)(C)C.COc1ccc(C(=O)/C=C/N(C)C)cc1COC(=O)C(C)(C)C.COc1ccc(C(C)=O)cc1.COc1ccc(C(C)=O)cc1CCl.COc1ccc(C(C)=O)cc1COC(=O)C(C)(C)C.Nc1cc(=O)[nH]c(=O)[nH]1. The monoisotopic (exact) mass is 1760 g/mol. The highest BCUT2D eigenvalue weighted by Gasteiger charge is 2.28. The molecule has 6 N–H and O–H groups in total. The van der Waals surface area contributed by atoms with E-state index >= 15 is 0 Å². The van der Waals surface area contributed by atoms with Gasteiger partial charge in [-0.25, -0.2) is 14.6 Å². The lowest BCUT2D eigenvalue weighted by Crippen LogP contribution is -2.22. The Morgan fingerprint density at radius 3 is 1.04 bits per heavy atom. The highest BCUT2D eigenvalue weighted by molar-refractivity contribution is 6.17. The Hall–Kier alpha value is -13.7. The van der Waals surface area contributed by atoms with E-state index in [2.05, 4.69) is 19.9 Å². The number of nitrogens with two attached hydrogens (primary N) is 1. The van der Waals surface area contributed by atoms with Crippen LogP contribution in [0.1, 0.15) is 183 Å². The molecule has 3 aromatic heterocycles. The number of nitrogens with zero attached hydrogens (tertiary/aromatic N) is 3. The number of nitrogens with one attached hydrogen (secondary N) is 4. The number of carbonyl (C=O) groups excluding carboxylic acids is 9. The Kier molecular flexibility index (Phi) is 42.4. The van der Waals surface area contributed by atoms with E-state index in [1.807, 2.05) is 33.2 Å². The fraction of sp³-hybridized carbons (Fsp3) is 0.362. The first-order valence-electron chi connectivity index (χ1n) is 39.1. The molecule has 0 spiro atoms. The zero-order valence-electron chi connectivity index (χ0n) is 76.2. The minimum atomic E-state index is -0.619. The molecule has 0 saturated carbocycles. The first-order chi connectivity index (χ1) is 58.8. The molecular formula is C94H117ClN8O23. The third-order valence-corrected chi connectivity index (χ3v) is 17.3. The number of Topliss-reactive ketones (excluding diaryl/α,β-unsaturated/α-hetero) is 3. The minimum absolute atomic E-state index is 0.0361. The molecule has 31 nitrogen and oxygen atoms in total. The van der Waals surface area contributed by atoms with Crippen molar-refractivity contribution in [2.45, 2.75) is 136 Å². The number of esters is 4. The molecule has 32 heteroatoms. The van der Waals surface area contributed by atoms with Gasteiger partial charge in [0.25, 0.3) is 11.1 Å². The minimum Gasteiger partial charge on any atom is -0.497 e. The third kappa shape index (κ3) is 36.4. The van der Waals surface area contributed by atoms with Crippen molar-refractivity contribution >= 4 is 81.2 Å². The maximum atomic E-state index is 12.1. The summed E-state index contributed by atoms with van der Waals surface area (Å²) < 4.78 is 52.4. The second-order valence-electron chi connectivity index (χ2n) is 32.3. The highest BCUT2D eigenvalue weighted by atomic mass is 35.5. The topological polar surface area (TPSA) is 423 Å². The standard InChI is InChI=1S/C20H21N3O5.2C18H25NO4.C15H20O4.C10H11ClO2.C9H10O2.C4H5N3O2/c1-20(2,3)18(25)28-10-12-9-11(5-8-15(12)27-4)14-7-6-13-16(21-14)22-19(26)23-17(13)24;2*1-18(2,3)17(21)23-12-14-11-13(7-8-16(14)22-6)15(20)9-10-19(4)5;1-10(16)11-6-7-13(18-5)12(8-11)9-19-14(17)15(2,3)4;1-7(12)8-3-4-10(13-2)9(5-8)6-11;1-7(10)8-3-5-9(11-2)6-4-8;5-2-1-3(8)7-4(9)6-2/h5-9H,10H2,1-4H3,(H2,21,22,23,24,26);2*7-11H,12H2,1-6H3;6-8H,9H2,1-5H3;3-5H,6H2,1-2H3;3-6H,1-2H3;1H,(H4,5,6,7,8,9)/b;2*10-9+;;;;. The molecule has 0 aliphatic heterocycles. The number of allylic oxidation sites excluding steroid dienone is 2. The van der Waals surface area contributed by atoms with Gasteiger partial charge in [-0.15, -0.1) is 11.6 Å². The summed E-state index contributed by atoms with van der Waals surface area (Å²) in [5, 5.41) is 0.288. The van der Waals surface area contributed by atoms with Gasteiger partial charge in [0.1, 0.15) is 72.4 Å². The van der Waals surface area contributed by atoms with Crippen LogP contribution in [0.5, 0.6) is 34.5 Å². The number of ketones is 5. The maximum absolute atomic E-state index is 12.1. The van der Waals surface area contributed by atoms with E-state index in [1.165, 1.54) is 54.4 Å². The van der Waals surface area contributed by atoms with E-state index in [-0.39, 0.29) is 96.1 Å². The van der Waals surface area contributed by atoms with Crippen molar-refractivity contribution < 1.29 is 90.5 Å². The van der Waals surface area contributed by atoms with E-state index in [1.54, 1.807) is 254 Å². The predicted molar refractivity (Wildman–Crippen MR) is 483 cm³/mol. The number of ether oxygens (including phenoxy) is 10. The quantitative estimate of drug-likeness (QED) is 0.0117. The number of nitrogen functional groups attached to an aromatic ring is 1. The van der Waals surface area contributed by atoms with Crippen LogP contribution >= 0.6 is 11.6 Å². The molecule has 0 amide bonds. The molecule has 126 heavy (non-hydrogen) atoms. The fourth-order valence-corrected chi connectivity index (χ4v) is 10.1. The van der Waals surface area contributed by atoms with Crippen LogP contribution in [0.25, 0.3) is 22.3 Å². The molecule has 0 fully saturated rings. The largest absolute Gasteiger partial charge is 0.497 e. The molecule has 0 saturated heterocycles. The number of fused-ring (bicyclic) bond motifs is 1. The van der Waals surface area contributed by atoms with Gasteiger partial charge in [-0.05, 0) is 231 Å². The summed E-state index contributed by atoms with van der Waals surface area (Å²) in [6.45, 7) is 26.3. The van der Waals surface area contributed by atoms with Gasteiger partial charge in [-0.3, -0.25) is 72.7 Å². The average Bonchev–Trinajstić information content (AvgIpc) is 0.791. The van der Waals surface area contributed by atoms with Crippen LogP contribution in [-0.2, 0) is 70.4 Å². The molecule has 0 atom stereocenters. The number of alkyl halides is 1. The Bertz CT molecular complexity index is 5420. The Balaban J connectivity index is 0.000000390. The molecule has 9 aromatic rings. The number of halogens is 1. The molecule has 0 bridgehead atoms. The lowest BCUT2D eigenvalue weighted by Gasteiger charge is -2.17. The number of rotatable bonds is 25. The number of methoxy groups -OCH3 is 6. The second kappa shape index (κ2) is 50.2. The zero-order valence-corrected chi connectivity index (χ0v) is 77.0. The van der Waals surface area contributed by atoms with Crippen LogP contribution in [0.4, 0.5) is 5.82 Å².